The zero-order valence-electron chi connectivity index (χ0n) is 18.9. The number of nitriles is 1. The van der Waals surface area contributed by atoms with Crippen molar-refractivity contribution in [2.45, 2.75) is 31.4 Å². The Hall–Kier alpha value is -3.58. The molecule has 3 aromatic rings. The lowest BCUT2D eigenvalue weighted by atomic mass is 10.0. The minimum Gasteiger partial charge on any atom is -0.381 e. The topological polar surface area (TPSA) is 106 Å². The molecule has 5 N–H and O–H groups in total. The zero-order valence-corrected chi connectivity index (χ0v) is 19.6. The number of hydrazine groups is 2. The highest BCUT2D eigenvalue weighted by molar-refractivity contribution is 6.35. The molecular formula is C25H25ClFN7O. The molecule has 10 heteroatoms. The molecular weight excluding hydrogens is 469 g/mol. The largest absolute Gasteiger partial charge is 0.381 e. The third-order valence-corrected chi connectivity index (χ3v) is 6.45. The second-order valence-electron chi connectivity index (χ2n) is 8.51. The van der Waals surface area contributed by atoms with E-state index >= 15 is 0 Å². The summed E-state index contributed by atoms with van der Waals surface area (Å²) in [6, 6.07) is 11.9. The number of pyridine rings is 1. The molecule has 0 amide bonds. The molecule has 180 valence electrons. The number of fused-ring (bicyclic) bond motifs is 1. The summed E-state index contributed by atoms with van der Waals surface area (Å²) in [5.41, 5.74) is 12.9. The quantitative estimate of drug-likeness (QED) is 0.328. The summed E-state index contributed by atoms with van der Waals surface area (Å²) in [6.07, 6.45) is 6.61. The molecule has 0 bridgehead atoms. The summed E-state index contributed by atoms with van der Waals surface area (Å²) >= 11 is 6.65. The van der Waals surface area contributed by atoms with Gasteiger partial charge in [-0.1, -0.05) is 23.7 Å². The van der Waals surface area contributed by atoms with Crippen LogP contribution in [0, 0.1) is 17.1 Å². The van der Waals surface area contributed by atoms with E-state index in [1.54, 1.807) is 24.4 Å². The number of benzene rings is 2. The van der Waals surface area contributed by atoms with E-state index in [2.05, 4.69) is 38.1 Å². The summed E-state index contributed by atoms with van der Waals surface area (Å²) in [5, 5.41) is 17.8. The highest BCUT2D eigenvalue weighted by Gasteiger charge is 2.21. The fraction of sp³-hybridized carbons (Fsp3) is 0.280. The van der Waals surface area contributed by atoms with E-state index in [4.69, 9.17) is 16.3 Å². The van der Waals surface area contributed by atoms with Crippen LogP contribution in [0.4, 0.5) is 15.8 Å². The molecule has 5 rings (SSSR count). The van der Waals surface area contributed by atoms with Gasteiger partial charge in [-0.05, 0) is 49.1 Å². The number of ether oxygens (including phenoxy) is 1. The number of nitrogens with zero attached hydrogens (tertiary/aromatic N) is 2. The van der Waals surface area contributed by atoms with Crippen molar-refractivity contribution < 1.29 is 9.13 Å². The van der Waals surface area contributed by atoms with E-state index in [1.807, 2.05) is 6.07 Å². The summed E-state index contributed by atoms with van der Waals surface area (Å²) in [7, 11) is 0. The Kier molecular flexibility index (Phi) is 6.86. The van der Waals surface area contributed by atoms with Crippen LogP contribution < -0.4 is 27.0 Å². The second kappa shape index (κ2) is 10.4. The molecule has 1 unspecified atom stereocenters. The van der Waals surface area contributed by atoms with Crippen LogP contribution in [0.25, 0.3) is 10.9 Å². The smallest absolute Gasteiger partial charge is 0.123 e. The molecule has 3 heterocycles. The van der Waals surface area contributed by atoms with Gasteiger partial charge in [0.05, 0.1) is 39.6 Å². The first kappa shape index (κ1) is 23.2. The number of rotatable bonds is 7. The Labute approximate surface area is 207 Å². The molecule has 0 radical (unpaired) electrons. The lowest BCUT2D eigenvalue weighted by Gasteiger charge is -2.24. The van der Waals surface area contributed by atoms with Gasteiger partial charge in [-0.2, -0.15) is 10.8 Å². The van der Waals surface area contributed by atoms with Crippen molar-refractivity contribution in [3.63, 3.8) is 0 Å². The number of hydrogen-bond donors (Lipinski definition) is 5. The number of hydrogen-bond acceptors (Lipinski definition) is 8. The van der Waals surface area contributed by atoms with Gasteiger partial charge in [0.15, 0.2) is 0 Å². The van der Waals surface area contributed by atoms with Crippen LogP contribution in [0.1, 0.15) is 36.4 Å². The van der Waals surface area contributed by atoms with Crippen LogP contribution in [0.2, 0.25) is 5.02 Å². The molecule has 2 atom stereocenters. The van der Waals surface area contributed by atoms with Gasteiger partial charge in [0.2, 0.25) is 0 Å². The standard InChI is InChI=1S/C25H25ClFN7O/c26-21-10-18(32-24(22-14-31-34-33-22)15-4-6-17(27)7-5-15)9-20-23(16(11-28)12-29-25(20)21)30-13-19-3-1-2-8-35-19/h4-7,9-10,12,14,19,24,31-34H,1-3,8,13H2,(H,29,30)/t19?,24-/m0/s1. The number of anilines is 2. The van der Waals surface area contributed by atoms with Gasteiger partial charge < -0.3 is 26.2 Å². The highest BCUT2D eigenvalue weighted by Crippen LogP contribution is 2.35. The number of halogens is 2. The summed E-state index contributed by atoms with van der Waals surface area (Å²) in [4.78, 5) is 4.43. The fourth-order valence-corrected chi connectivity index (χ4v) is 4.65. The average Bonchev–Trinajstić information content (AvgIpc) is 3.42. The monoisotopic (exact) mass is 493 g/mol. The molecule has 2 aromatic carbocycles. The molecule has 35 heavy (non-hydrogen) atoms. The lowest BCUT2D eigenvalue weighted by Crippen LogP contribution is -2.33. The Morgan fingerprint density at radius 3 is 2.83 bits per heavy atom. The van der Waals surface area contributed by atoms with E-state index in [9.17, 15) is 9.65 Å². The fourth-order valence-electron chi connectivity index (χ4n) is 4.38. The van der Waals surface area contributed by atoms with Gasteiger partial charge in [0, 0.05) is 36.6 Å². The maximum Gasteiger partial charge on any atom is 0.123 e. The van der Waals surface area contributed by atoms with Crippen LogP contribution in [0.3, 0.4) is 0 Å². The Balaban J connectivity index is 1.51. The first-order valence-corrected chi connectivity index (χ1v) is 11.9. The number of aromatic nitrogens is 1. The van der Waals surface area contributed by atoms with Crippen LogP contribution >= 0.6 is 11.6 Å². The Bertz CT molecular complexity index is 1290. The van der Waals surface area contributed by atoms with Crippen molar-refractivity contribution >= 4 is 33.9 Å². The number of nitrogens with one attached hydrogen (secondary N) is 5. The second-order valence-corrected chi connectivity index (χ2v) is 8.91. The van der Waals surface area contributed by atoms with E-state index in [0.717, 1.165) is 48.2 Å². The normalized spacial score (nSPS) is 18.2. The maximum absolute atomic E-state index is 13.6. The summed E-state index contributed by atoms with van der Waals surface area (Å²) in [6.45, 7) is 1.35. The van der Waals surface area contributed by atoms with Crippen LogP contribution in [0.5, 0.6) is 0 Å². The van der Waals surface area contributed by atoms with Gasteiger partial charge in [-0.15, -0.1) is 0 Å². The van der Waals surface area contributed by atoms with E-state index in [1.165, 1.54) is 18.3 Å². The van der Waals surface area contributed by atoms with Crippen molar-refractivity contribution in [1.29, 1.82) is 5.26 Å². The first-order valence-electron chi connectivity index (χ1n) is 11.5. The molecule has 0 aliphatic carbocycles. The third-order valence-electron chi connectivity index (χ3n) is 6.16. The SMILES string of the molecule is N#Cc1cnc2c(Cl)cc(N[C@H](C3=CNNN3)c3ccc(F)cc3)cc2c1NCC1CCCCO1. The molecule has 2 aliphatic heterocycles. The van der Waals surface area contributed by atoms with Gasteiger partial charge in [-0.3, -0.25) is 4.98 Å². The lowest BCUT2D eigenvalue weighted by molar-refractivity contribution is 0.0248. The van der Waals surface area contributed by atoms with E-state index in [0.29, 0.717) is 28.3 Å². The Morgan fingerprint density at radius 1 is 1.26 bits per heavy atom. The molecule has 0 saturated carbocycles. The Morgan fingerprint density at radius 2 is 2.11 bits per heavy atom. The molecule has 1 aromatic heterocycles. The van der Waals surface area contributed by atoms with E-state index in [-0.39, 0.29) is 18.0 Å². The molecule has 1 saturated heterocycles. The van der Waals surface area contributed by atoms with Crippen molar-refractivity contribution in [3.05, 3.63) is 76.5 Å². The summed E-state index contributed by atoms with van der Waals surface area (Å²) in [5.74, 6) is -0.307. The van der Waals surface area contributed by atoms with Crippen LogP contribution in [-0.2, 0) is 4.74 Å². The van der Waals surface area contributed by atoms with Crippen molar-refractivity contribution in [2.24, 2.45) is 0 Å². The predicted molar refractivity (Wildman–Crippen MR) is 134 cm³/mol. The molecule has 1 fully saturated rings. The van der Waals surface area contributed by atoms with Gasteiger partial charge in [0.25, 0.3) is 0 Å². The third kappa shape index (κ3) is 5.10. The van der Waals surface area contributed by atoms with Crippen molar-refractivity contribution in [2.75, 3.05) is 23.8 Å². The maximum atomic E-state index is 13.6. The molecule has 2 aliphatic rings. The summed E-state index contributed by atoms with van der Waals surface area (Å²) < 4.78 is 19.4. The van der Waals surface area contributed by atoms with Crippen LogP contribution in [0.15, 0.2) is 54.5 Å². The predicted octanol–water partition coefficient (Wildman–Crippen LogP) is 4.49. The van der Waals surface area contributed by atoms with Crippen molar-refractivity contribution in [1.82, 2.24) is 21.4 Å². The van der Waals surface area contributed by atoms with Crippen molar-refractivity contribution in [3.8, 4) is 6.07 Å². The minimum absolute atomic E-state index is 0.0959. The van der Waals surface area contributed by atoms with Crippen LogP contribution in [-0.4, -0.2) is 24.2 Å². The molecule has 8 nitrogen and oxygen atoms in total. The highest BCUT2D eigenvalue weighted by atomic mass is 35.5. The van der Waals surface area contributed by atoms with E-state index < -0.39 is 0 Å². The first-order chi connectivity index (χ1) is 17.1. The average molecular weight is 494 g/mol. The minimum atomic E-state index is -0.328. The molecule has 0 spiro atoms. The van der Waals surface area contributed by atoms with Gasteiger partial charge >= 0.3 is 0 Å². The van der Waals surface area contributed by atoms with Gasteiger partial charge in [0.1, 0.15) is 11.9 Å². The zero-order chi connectivity index (χ0) is 24.2. The van der Waals surface area contributed by atoms with Gasteiger partial charge in [-0.25, -0.2) is 4.39 Å².